The Kier molecular flexibility index (Phi) is 3.32. The largest absolute Gasteiger partial charge is 0.352 e. The van der Waals surface area contributed by atoms with Crippen LogP contribution in [0.5, 0.6) is 0 Å². The summed E-state index contributed by atoms with van der Waals surface area (Å²) >= 11 is 0. The average Bonchev–Trinajstić information content (AvgIpc) is 2.76. The van der Waals surface area contributed by atoms with E-state index in [9.17, 15) is 9.79 Å². The third kappa shape index (κ3) is 2.28. The lowest BCUT2D eigenvalue weighted by molar-refractivity contribution is 0.461. The van der Waals surface area contributed by atoms with Gasteiger partial charge in [0.25, 0.3) is 0 Å². The van der Waals surface area contributed by atoms with E-state index in [1.165, 1.54) is 0 Å². The normalized spacial score (nSPS) is 21.6. The summed E-state index contributed by atoms with van der Waals surface area (Å²) in [7, 11) is -3.04. The molecular formula is C16H17O2P. The van der Waals surface area contributed by atoms with Crippen LogP contribution in [0.15, 0.2) is 60.7 Å². The summed E-state index contributed by atoms with van der Waals surface area (Å²) in [6.07, 6.45) is 1.58. The molecule has 0 amide bonds. The lowest BCUT2D eigenvalue weighted by atomic mass is 10.0. The molecule has 2 aromatic carbocycles. The maximum absolute atomic E-state index is 10.7. The first-order chi connectivity index (χ1) is 9.19. The van der Waals surface area contributed by atoms with Crippen molar-refractivity contribution >= 4 is 12.6 Å². The van der Waals surface area contributed by atoms with Gasteiger partial charge in [0.15, 0.2) is 0 Å². The van der Waals surface area contributed by atoms with E-state index in [-0.39, 0.29) is 5.66 Å². The standard InChI is InChI=1S/C16H17O2P/c17-19(18)15(13-7-3-1-4-8-13)11-12-16(19)14-9-5-2-6-10-14/h1-10,15,17-18H,11-12H2/t15-/m0/s1. The molecule has 0 aliphatic carbocycles. The van der Waals surface area contributed by atoms with Crippen molar-refractivity contribution in [3.05, 3.63) is 71.8 Å². The van der Waals surface area contributed by atoms with Gasteiger partial charge in [0.05, 0.1) is 5.66 Å². The molecule has 3 heteroatoms. The molecule has 1 aliphatic rings. The molecule has 3 rings (SSSR count). The van der Waals surface area contributed by atoms with E-state index >= 15 is 0 Å². The summed E-state index contributed by atoms with van der Waals surface area (Å²) in [5, 5.41) is 0.835. The minimum absolute atomic E-state index is 0.135. The monoisotopic (exact) mass is 272 g/mol. The van der Waals surface area contributed by atoms with Gasteiger partial charge in [0.1, 0.15) is 7.34 Å². The van der Waals surface area contributed by atoms with Crippen molar-refractivity contribution < 1.29 is 9.79 Å². The van der Waals surface area contributed by atoms with Crippen LogP contribution in [0, 0.1) is 0 Å². The van der Waals surface area contributed by atoms with Gasteiger partial charge in [-0.2, -0.15) is 0 Å². The van der Waals surface area contributed by atoms with E-state index < -0.39 is 7.34 Å². The van der Waals surface area contributed by atoms with Gasteiger partial charge in [0.2, 0.25) is 0 Å². The number of rotatable bonds is 2. The highest BCUT2D eigenvalue weighted by molar-refractivity contribution is 7.66. The number of hydrogen-bond acceptors (Lipinski definition) is 2. The molecule has 0 aromatic heterocycles. The molecule has 1 atom stereocenters. The molecule has 0 saturated carbocycles. The SMILES string of the molecule is OP1(O)=C(c2ccccc2)CC[C@H]1c1ccccc1. The van der Waals surface area contributed by atoms with Crippen molar-refractivity contribution in [1.29, 1.82) is 0 Å². The molecule has 1 heterocycles. The Labute approximate surface area is 113 Å². The fourth-order valence-electron chi connectivity index (χ4n) is 2.82. The van der Waals surface area contributed by atoms with Crippen molar-refractivity contribution in [3.63, 3.8) is 0 Å². The molecular weight excluding hydrogens is 255 g/mol. The summed E-state index contributed by atoms with van der Waals surface area (Å²) in [6.45, 7) is 0. The van der Waals surface area contributed by atoms with E-state index in [0.717, 1.165) is 29.3 Å². The van der Waals surface area contributed by atoms with E-state index in [1.807, 2.05) is 60.7 Å². The highest BCUT2D eigenvalue weighted by Crippen LogP contribution is 2.62. The second-order valence-electron chi connectivity index (χ2n) is 4.93. The van der Waals surface area contributed by atoms with E-state index in [1.54, 1.807) is 0 Å². The topological polar surface area (TPSA) is 40.5 Å². The van der Waals surface area contributed by atoms with Crippen LogP contribution in [0.2, 0.25) is 0 Å². The van der Waals surface area contributed by atoms with Crippen molar-refractivity contribution in [2.24, 2.45) is 0 Å². The van der Waals surface area contributed by atoms with Crippen LogP contribution in [-0.2, 0) is 0 Å². The Morgan fingerprint density at radius 2 is 1.42 bits per heavy atom. The Bertz CT molecular complexity index is 614. The average molecular weight is 272 g/mol. The van der Waals surface area contributed by atoms with Crippen molar-refractivity contribution in [2.75, 3.05) is 0 Å². The molecule has 0 radical (unpaired) electrons. The van der Waals surface area contributed by atoms with Gasteiger partial charge in [-0.1, -0.05) is 60.7 Å². The predicted octanol–water partition coefficient (Wildman–Crippen LogP) is 3.57. The maximum Gasteiger partial charge on any atom is 0.130 e. The molecule has 1 aliphatic heterocycles. The lowest BCUT2D eigenvalue weighted by Gasteiger charge is -2.21. The van der Waals surface area contributed by atoms with Crippen LogP contribution in [0.1, 0.15) is 29.6 Å². The third-order valence-electron chi connectivity index (χ3n) is 3.78. The molecule has 98 valence electrons. The van der Waals surface area contributed by atoms with Crippen molar-refractivity contribution in [3.8, 4) is 0 Å². The van der Waals surface area contributed by atoms with Gasteiger partial charge in [-0.05, 0) is 24.0 Å². The van der Waals surface area contributed by atoms with Gasteiger partial charge in [-0.25, -0.2) is 0 Å². The molecule has 0 saturated heterocycles. The Morgan fingerprint density at radius 3 is 2.05 bits per heavy atom. The molecule has 0 bridgehead atoms. The Morgan fingerprint density at radius 1 is 0.842 bits per heavy atom. The van der Waals surface area contributed by atoms with Gasteiger partial charge in [0, 0.05) is 5.29 Å². The molecule has 0 spiro atoms. The van der Waals surface area contributed by atoms with E-state index in [2.05, 4.69) is 0 Å². The Hall–Kier alpha value is -1.34. The summed E-state index contributed by atoms with van der Waals surface area (Å²) in [4.78, 5) is 21.3. The molecule has 2 nitrogen and oxygen atoms in total. The zero-order valence-corrected chi connectivity index (χ0v) is 11.5. The Balaban J connectivity index is 2.07. The minimum Gasteiger partial charge on any atom is -0.352 e. The van der Waals surface area contributed by atoms with Crippen LogP contribution in [0.3, 0.4) is 0 Å². The fraction of sp³-hybridized carbons (Fsp3) is 0.188. The number of benzene rings is 2. The maximum atomic E-state index is 10.7. The first-order valence-electron chi connectivity index (χ1n) is 6.50. The van der Waals surface area contributed by atoms with Crippen LogP contribution >= 0.6 is 7.34 Å². The van der Waals surface area contributed by atoms with Crippen LogP contribution in [0.25, 0.3) is 0 Å². The zero-order valence-electron chi connectivity index (χ0n) is 10.6. The molecule has 2 N–H and O–H groups in total. The zero-order chi connectivity index (χ0) is 13.3. The van der Waals surface area contributed by atoms with Gasteiger partial charge in [-0.15, -0.1) is 0 Å². The van der Waals surface area contributed by atoms with E-state index in [0.29, 0.717) is 0 Å². The molecule has 19 heavy (non-hydrogen) atoms. The van der Waals surface area contributed by atoms with Gasteiger partial charge in [-0.3, -0.25) is 0 Å². The summed E-state index contributed by atoms with van der Waals surface area (Å²) in [5.41, 5.74) is 1.87. The predicted molar refractivity (Wildman–Crippen MR) is 80.3 cm³/mol. The smallest absolute Gasteiger partial charge is 0.130 e. The third-order valence-corrected chi connectivity index (χ3v) is 6.48. The van der Waals surface area contributed by atoms with E-state index in [4.69, 9.17) is 0 Å². The lowest BCUT2D eigenvalue weighted by Crippen LogP contribution is -2.00. The fourth-order valence-corrected chi connectivity index (χ4v) is 5.26. The quantitative estimate of drug-likeness (QED) is 0.820. The minimum atomic E-state index is -3.04. The van der Waals surface area contributed by atoms with Crippen molar-refractivity contribution in [2.45, 2.75) is 18.5 Å². The van der Waals surface area contributed by atoms with Crippen LogP contribution in [0.4, 0.5) is 0 Å². The van der Waals surface area contributed by atoms with Gasteiger partial charge >= 0.3 is 0 Å². The van der Waals surface area contributed by atoms with Crippen LogP contribution in [-0.4, -0.2) is 15.1 Å². The van der Waals surface area contributed by atoms with Gasteiger partial charge < -0.3 is 9.79 Å². The highest BCUT2D eigenvalue weighted by atomic mass is 31.2. The molecule has 0 unspecified atom stereocenters. The summed E-state index contributed by atoms with van der Waals surface area (Å²) in [5.74, 6) is 0. The second-order valence-corrected chi connectivity index (χ2v) is 7.39. The first-order valence-corrected chi connectivity index (χ1v) is 8.27. The summed E-state index contributed by atoms with van der Waals surface area (Å²) < 4.78 is 0. The first kappa shape index (κ1) is 12.7. The van der Waals surface area contributed by atoms with Crippen LogP contribution < -0.4 is 0 Å². The van der Waals surface area contributed by atoms with Crippen molar-refractivity contribution in [1.82, 2.24) is 0 Å². The molecule has 2 aromatic rings. The highest BCUT2D eigenvalue weighted by Gasteiger charge is 2.36. The second kappa shape index (κ2) is 4.97. The molecule has 0 fully saturated rings. The summed E-state index contributed by atoms with van der Waals surface area (Å²) in [6, 6.07) is 19.6. The number of hydrogen-bond donors (Lipinski definition) is 2.